The van der Waals surface area contributed by atoms with E-state index in [0.29, 0.717) is 0 Å². The van der Waals surface area contributed by atoms with Crippen LogP contribution in [0.25, 0.3) is 6.08 Å². The molecule has 1 aliphatic rings. The Morgan fingerprint density at radius 1 is 1.15 bits per heavy atom. The van der Waals surface area contributed by atoms with Crippen molar-refractivity contribution in [1.29, 1.82) is 5.26 Å². The average molecular weight is 421 g/mol. The molecule has 7 heteroatoms. The first-order chi connectivity index (χ1) is 12.3. The third-order valence-electron chi connectivity index (χ3n) is 4.00. The summed E-state index contributed by atoms with van der Waals surface area (Å²) in [7, 11) is 0. The first-order valence-electron chi connectivity index (χ1n) is 7.60. The molecule has 0 bridgehead atoms. The van der Waals surface area contributed by atoms with Crippen molar-refractivity contribution in [2.45, 2.75) is 18.2 Å². The monoisotopic (exact) mass is 420 g/mol. The molecule has 0 saturated carbocycles. The molecular formula is C19H12BrF3N2O. The summed E-state index contributed by atoms with van der Waals surface area (Å²) in [5.41, 5.74) is -1.59. The third-order valence-corrected chi connectivity index (χ3v) is 4.53. The number of halogens is 4. The highest BCUT2D eigenvalue weighted by atomic mass is 79.9. The molecule has 3 rings (SSSR count). The molecule has 1 aliphatic heterocycles. The van der Waals surface area contributed by atoms with E-state index in [1.807, 2.05) is 30.3 Å². The molecular weight excluding hydrogens is 409 g/mol. The van der Waals surface area contributed by atoms with Crippen LogP contribution in [0.1, 0.15) is 23.1 Å². The van der Waals surface area contributed by atoms with Crippen LogP contribution in [0.2, 0.25) is 0 Å². The van der Waals surface area contributed by atoms with Crippen molar-refractivity contribution < 1.29 is 18.0 Å². The van der Waals surface area contributed by atoms with E-state index in [1.54, 1.807) is 6.08 Å². The summed E-state index contributed by atoms with van der Waals surface area (Å²) in [4.78, 5) is 4.91. The van der Waals surface area contributed by atoms with Crippen molar-refractivity contribution in [3.05, 3.63) is 75.8 Å². The summed E-state index contributed by atoms with van der Waals surface area (Å²) in [5.74, 6) is 0. The normalized spacial score (nSPS) is 19.9. The van der Waals surface area contributed by atoms with Crippen LogP contribution in [0.5, 0.6) is 0 Å². The van der Waals surface area contributed by atoms with Crippen molar-refractivity contribution in [1.82, 2.24) is 0 Å². The number of rotatable bonds is 3. The topological polar surface area (TPSA) is 45.4 Å². The summed E-state index contributed by atoms with van der Waals surface area (Å²) in [5, 5.41) is 12.6. The molecule has 0 spiro atoms. The lowest BCUT2D eigenvalue weighted by Crippen LogP contribution is -2.42. The lowest BCUT2D eigenvalue weighted by Gasteiger charge is -2.29. The Hall–Kier alpha value is -2.59. The van der Waals surface area contributed by atoms with Crippen LogP contribution in [-0.4, -0.2) is 11.9 Å². The van der Waals surface area contributed by atoms with Gasteiger partial charge in [-0.25, -0.2) is 0 Å². The van der Waals surface area contributed by atoms with Gasteiger partial charge in [0.15, 0.2) is 0 Å². The Balaban J connectivity index is 1.88. The molecule has 0 N–H and O–H groups in total. The standard InChI is InChI=1S/C19H12BrF3N2O/c20-16-7-4-13(5-8-16)6-9-17-11-18(26-25-17,19(21,22)23)15-3-1-2-14(10-15)12-24/h1-10H,11H2. The number of oxime groups is 1. The number of hydrogen-bond donors (Lipinski definition) is 0. The molecule has 0 aliphatic carbocycles. The highest BCUT2D eigenvalue weighted by Crippen LogP contribution is 2.48. The van der Waals surface area contributed by atoms with Gasteiger partial charge in [0.1, 0.15) is 0 Å². The molecule has 3 nitrogen and oxygen atoms in total. The quantitative estimate of drug-likeness (QED) is 0.651. The van der Waals surface area contributed by atoms with E-state index in [-0.39, 0.29) is 16.8 Å². The second-order valence-electron chi connectivity index (χ2n) is 5.75. The number of allylic oxidation sites excluding steroid dienone is 1. The Labute approximate surface area is 156 Å². The van der Waals surface area contributed by atoms with Gasteiger partial charge in [0, 0.05) is 16.5 Å². The number of alkyl halides is 3. The Morgan fingerprint density at radius 2 is 1.88 bits per heavy atom. The maximum Gasteiger partial charge on any atom is 0.435 e. The molecule has 2 aromatic rings. The first kappa shape index (κ1) is 18.2. The largest absolute Gasteiger partial charge is 0.435 e. The molecule has 0 aromatic heterocycles. The van der Waals surface area contributed by atoms with E-state index >= 15 is 0 Å². The fraction of sp³-hybridized carbons (Fsp3) is 0.158. The number of nitriles is 1. The Bertz CT molecular complexity index is 914. The molecule has 0 amide bonds. The van der Waals surface area contributed by atoms with Crippen molar-refractivity contribution >= 4 is 27.7 Å². The van der Waals surface area contributed by atoms with Crippen molar-refractivity contribution in [2.24, 2.45) is 5.16 Å². The zero-order chi connectivity index (χ0) is 18.8. The molecule has 26 heavy (non-hydrogen) atoms. The molecule has 132 valence electrons. The fourth-order valence-electron chi connectivity index (χ4n) is 2.62. The van der Waals surface area contributed by atoms with E-state index in [1.165, 1.54) is 30.3 Å². The van der Waals surface area contributed by atoms with Crippen LogP contribution in [-0.2, 0) is 10.4 Å². The van der Waals surface area contributed by atoms with Gasteiger partial charge >= 0.3 is 6.18 Å². The summed E-state index contributed by atoms with van der Waals surface area (Å²) >= 11 is 3.32. The fourth-order valence-corrected chi connectivity index (χ4v) is 2.89. The first-order valence-corrected chi connectivity index (χ1v) is 8.39. The molecule has 0 radical (unpaired) electrons. The van der Waals surface area contributed by atoms with Gasteiger partial charge in [0.05, 0.1) is 17.3 Å². The van der Waals surface area contributed by atoms with Crippen LogP contribution >= 0.6 is 15.9 Å². The highest BCUT2D eigenvalue weighted by molar-refractivity contribution is 9.10. The van der Waals surface area contributed by atoms with E-state index in [0.717, 1.165) is 10.0 Å². The maximum absolute atomic E-state index is 13.8. The number of hydrogen-bond acceptors (Lipinski definition) is 3. The predicted molar refractivity (Wildman–Crippen MR) is 95.2 cm³/mol. The lowest BCUT2D eigenvalue weighted by atomic mass is 9.87. The van der Waals surface area contributed by atoms with Gasteiger partial charge in [-0.15, -0.1) is 0 Å². The smallest absolute Gasteiger partial charge is 0.374 e. The van der Waals surface area contributed by atoms with Crippen molar-refractivity contribution in [2.75, 3.05) is 0 Å². The Kier molecular flexibility index (Phi) is 4.88. The summed E-state index contributed by atoms with van der Waals surface area (Å²) < 4.78 is 42.3. The lowest BCUT2D eigenvalue weighted by molar-refractivity contribution is -0.275. The van der Waals surface area contributed by atoms with Gasteiger partial charge in [-0.05, 0) is 35.9 Å². The van der Waals surface area contributed by atoms with Gasteiger partial charge in [-0.2, -0.15) is 18.4 Å². The number of nitrogens with zero attached hydrogens (tertiary/aromatic N) is 2. The van der Waals surface area contributed by atoms with Gasteiger partial charge in [0.2, 0.25) is 0 Å². The van der Waals surface area contributed by atoms with E-state index < -0.39 is 18.2 Å². The third kappa shape index (κ3) is 3.51. The van der Waals surface area contributed by atoms with Crippen LogP contribution in [0.4, 0.5) is 13.2 Å². The molecule has 1 atom stereocenters. The van der Waals surface area contributed by atoms with Gasteiger partial charge in [0.25, 0.3) is 5.60 Å². The van der Waals surface area contributed by atoms with Gasteiger partial charge < -0.3 is 4.84 Å². The molecule has 0 saturated heterocycles. The molecule has 0 fully saturated rings. The van der Waals surface area contributed by atoms with E-state index in [4.69, 9.17) is 10.1 Å². The summed E-state index contributed by atoms with van der Waals surface area (Å²) in [6, 6.07) is 14.5. The van der Waals surface area contributed by atoms with Gasteiger partial charge in [-0.3, -0.25) is 0 Å². The van der Waals surface area contributed by atoms with Crippen LogP contribution in [0.15, 0.2) is 64.2 Å². The van der Waals surface area contributed by atoms with Gasteiger partial charge in [-0.1, -0.05) is 51.4 Å². The number of benzene rings is 2. The second-order valence-corrected chi connectivity index (χ2v) is 6.67. The average Bonchev–Trinajstić information content (AvgIpc) is 3.07. The summed E-state index contributed by atoms with van der Waals surface area (Å²) in [6.45, 7) is 0. The minimum atomic E-state index is -4.68. The SMILES string of the molecule is N#Cc1cccc(C2(C(F)(F)F)CC(C=Cc3ccc(Br)cc3)=NO2)c1. The van der Waals surface area contributed by atoms with Crippen molar-refractivity contribution in [3.8, 4) is 6.07 Å². The van der Waals surface area contributed by atoms with Crippen LogP contribution in [0, 0.1) is 11.3 Å². The molecule has 2 aromatic carbocycles. The van der Waals surface area contributed by atoms with Crippen LogP contribution < -0.4 is 0 Å². The Morgan fingerprint density at radius 3 is 2.54 bits per heavy atom. The molecule has 1 heterocycles. The maximum atomic E-state index is 13.8. The highest BCUT2D eigenvalue weighted by Gasteiger charge is 2.62. The minimum Gasteiger partial charge on any atom is -0.374 e. The zero-order valence-corrected chi connectivity index (χ0v) is 14.9. The minimum absolute atomic E-state index is 0.133. The van der Waals surface area contributed by atoms with Crippen LogP contribution in [0.3, 0.4) is 0 Å². The summed E-state index contributed by atoms with van der Waals surface area (Å²) in [6.07, 6.45) is -1.96. The molecule has 1 unspecified atom stereocenters. The van der Waals surface area contributed by atoms with E-state index in [9.17, 15) is 13.2 Å². The second kappa shape index (κ2) is 6.96. The van der Waals surface area contributed by atoms with E-state index in [2.05, 4.69) is 21.1 Å². The predicted octanol–water partition coefficient (Wildman–Crippen LogP) is 5.57. The van der Waals surface area contributed by atoms with Crippen molar-refractivity contribution in [3.63, 3.8) is 0 Å². The zero-order valence-electron chi connectivity index (χ0n) is 13.3.